The number of allylic oxidation sites excluding steroid dienone is 4. The summed E-state index contributed by atoms with van der Waals surface area (Å²) in [7, 11) is 0. The molecule has 0 aliphatic heterocycles. The summed E-state index contributed by atoms with van der Waals surface area (Å²) in [5.41, 5.74) is 8.23. The lowest BCUT2D eigenvalue weighted by molar-refractivity contribution is -0.104. The Morgan fingerprint density at radius 3 is 1.35 bits per heavy atom. The van der Waals surface area contributed by atoms with Crippen LogP contribution >= 0.6 is 0 Å². The first kappa shape index (κ1) is 38.9. The van der Waals surface area contributed by atoms with Gasteiger partial charge in [-0.15, -0.1) is 5.10 Å². The van der Waals surface area contributed by atoms with Crippen molar-refractivity contribution in [2.45, 2.75) is 23.7 Å². The molecule has 0 atom stereocenters. The van der Waals surface area contributed by atoms with Crippen LogP contribution in [0.3, 0.4) is 0 Å². The summed E-state index contributed by atoms with van der Waals surface area (Å²) < 4.78 is 3.32. The van der Waals surface area contributed by atoms with Crippen LogP contribution in [0.5, 0.6) is 0 Å². The summed E-state index contributed by atoms with van der Waals surface area (Å²) in [6.07, 6.45) is 17.0. The van der Waals surface area contributed by atoms with Gasteiger partial charge in [-0.2, -0.15) is 5.10 Å². The Bertz CT molecular complexity index is 2650. The van der Waals surface area contributed by atoms with Gasteiger partial charge in [0.25, 0.3) is 0 Å². The number of carboxylic acids is 1. The molecule has 0 radical (unpaired) electrons. The number of carbonyl (C=O) groups excluding carboxylic acids is 2. The minimum atomic E-state index is -1.09. The van der Waals surface area contributed by atoms with E-state index in [2.05, 4.69) is 101 Å². The molecule has 2 heterocycles. The number of aromatic nitrogens is 4. The van der Waals surface area contributed by atoms with Crippen molar-refractivity contribution in [2.75, 3.05) is 5.32 Å². The van der Waals surface area contributed by atoms with Gasteiger partial charge in [-0.3, -0.25) is 9.59 Å². The maximum absolute atomic E-state index is 11.7. The second-order valence-electron chi connectivity index (χ2n) is 14.5. The molecule has 0 fully saturated rings. The van der Waals surface area contributed by atoms with Crippen LogP contribution in [0.15, 0.2) is 176 Å². The molecule has 7 aromatic rings. The number of aldehydes is 2. The molecule has 2 N–H and O–H groups in total. The largest absolute Gasteiger partial charge is 0.476 e. The average Bonchev–Trinajstić information content (AvgIpc) is 3.85. The second-order valence-corrected chi connectivity index (χ2v) is 14.5. The molecule has 0 unspecified atom stereocenters. The first-order valence-corrected chi connectivity index (χ1v) is 19.6. The number of aromatic carboxylic acids is 1. The van der Waals surface area contributed by atoms with Crippen LogP contribution in [0.4, 0.5) is 11.5 Å². The molecule has 0 saturated carbocycles. The zero-order chi connectivity index (χ0) is 41.4. The van der Waals surface area contributed by atoms with Gasteiger partial charge >= 0.3 is 5.97 Å². The van der Waals surface area contributed by atoms with Crippen molar-refractivity contribution < 1.29 is 19.5 Å². The molecule has 9 heteroatoms. The van der Waals surface area contributed by atoms with Crippen molar-refractivity contribution in [3.8, 4) is 0 Å². The van der Waals surface area contributed by atoms with E-state index in [1.165, 1.54) is 34.2 Å². The van der Waals surface area contributed by atoms with Gasteiger partial charge in [-0.25, -0.2) is 14.2 Å². The zero-order valence-corrected chi connectivity index (χ0v) is 32.6. The number of hydrogen-bond donors (Lipinski definition) is 2. The van der Waals surface area contributed by atoms with Gasteiger partial charge in [-0.05, 0) is 46.5 Å². The van der Waals surface area contributed by atoms with Gasteiger partial charge in [0.15, 0.2) is 11.5 Å². The number of hydrogen-bond acceptors (Lipinski definition) is 6. The van der Waals surface area contributed by atoms with E-state index in [-0.39, 0.29) is 11.1 Å². The van der Waals surface area contributed by atoms with Crippen molar-refractivity contribution in [3.05, 3.63) is 226 Å². The lowest BCUT2D eigenvalue weighted by Gasteiger charge is -2.35. The van der Waals surface area contributed by atoms with Crippen LogP contribution in [0.2, 0.25) is 0 Å². The summed E-state index contributed by atoms with van der Waals surface area (Å²) in [6.45, 7) is 0. The van der Waals surface area contributed by atoms with Crippen LogP contribution in [0, 0.1) is 0 Å². The Morgan fingerprint density at radius 1 is 0.550 bits per heavy atom. The second kappa shape index (κ2) is 17.3. The summed E-state index contributed by atoms with van der Waals surface area (Å²) in [6, 6.07) is 51.3. The van der Waals surface area contributed by atoms with Crippen molar-refractivity contribution in [1.29, 1.82) is 0 Å². The minimum Gasteiger partial charge on any atom is -0.476 e. The zero-order valence-electron chi connectivity index (χ0n) is 32.6. The van der Waals surface area contributed by atoms with Crippen molar-refractivity contribution in [2.24, 2.45) is 0 Å². The molecule has 9 rings (SSSR count). The number of para-hydroxylation sites is 1. The highest BCUT2D eigenvalue weighted by molar-refractivity contribution is 5.91. The first-order valence-electron chi connectivity index (χ1n) is 19.6. The number of carboxylic acid groups (broad SMARTS) is 1. The van der Waals surface area contributed by atoms with E-state index in [0.717, 1.165) is 52.3 Å². The SMILES string of the molecule is O=CC=Cn1nc(C(=O)O)c2c1CC(c1ccccc1)(c1ccccc1)C=C2.O=CC=Cn1nc(Nc2ccccc2)c2c1CC(c1ccccc1)(c1ccccc1)C=C2. The summed E-state index contributed by atoms with van der Waals surface area (Å²) in [5.74, 6) is -0.321. The molecule has 5 aromatic carbocycles. The molecule has 9 nitrogen and oxygen atoms in total. The van der Waals surface area contributed by atoms with Crippen molar-refractivity contribution >= 4 is 54.6 Å². The lowest BCUT2D eigenvalue weighted by atomic mass is 9.68. The Morgan fingerprint density at radius 2 is 0.933 bits per heavy atom. The Hall–Kier alpha value is -7.91. The van der Waals surface area contributed by atoms with E-state index in [4.69, 9.17) is 5.10 Å². The quantitative estimate of drug-likeness (QED) is 0.0990. The predicted octanol–water partition coefficient (Wildman–Crippen LogP) is 9.66. The van der Waals surface area contributed by atoms with E-state index >= 15 is 0 Å². The van der Waals surface area contributed by atoms with Gasteiger partial charge in [0.2, 0.25) is 0 Å². The Balaban J connectivity index is 0.000000168. The third-order valence-electron chi connectivity index (χ3n) is 11.1. The van der Waals surface area contributed by atoms with Gasteiger partial charge in [-0.1, -0.05) is 164 Å². The molecular formula is C51H41N5O4. The molecule has 0 bridgehead atoms. The highest BCUT2D eigenvalue weighted by Gasteiger charge is 2.39. The number of rotatable bonds is 11. The fraction of sp³-hybridized carbons (Fsp3) is 0.0784. The van der Waals surface area contributed by atoms with E-state index in [0.29, 0.717) is 18.3 Å². The normalized spacial score (nSPS) is 14.5. The summed E-state index contributed by atoms with van der Waals surface area (Å²) in [4.78, 5) is 33.5. The molecule has 294 valence electrons. The van der Waals surface area contributed by atoms with Gasteiger partial charge in [0, 0.05) is 52.9 Å². The molecule has 2 aliphatic carbocycles. The van der Waals surface area contributed by atoms with Crippen LogP contribution in [0.25, 0.3) is 24.6 Å². The topological polar surface area (TPSA) is 119 Å². The highest BCUT2D eigenvalue weighted by Crippen LogP contribution is 2.44. The molecule has 0 saturated heterocycles. The number of nitrogens with zero attached hydrogens (tertiary/aromatic N) is 4. The van der Waals surface area contributed by atoms with Gasteiger partial charge < -0.3 is 10.4 Å². The van der Waals surface area contributed by atoms with Crippen LogP contribution in [0.1, 0.15) is 55.3 Å². The molecule has 0 spiro atoms. The van der Waals surface area contributed by atoms with E-state index < -0.39 is 11.4 Å². The third-order valence-corrected chi connectivity index (χ3v) is 11.1. The fourth-order valence-electron chi connectivity index (χ4n) is 8.22. The molecular weight excluding hydrogens is 747 g/mol. The smallest absolute Gasteiger partial charge is 0.357 e. The third kappa shape index (κ3) is 7.59. The van der Waals surface area contributed by atoms with Gasteiger partial charge in [0.05, 0.1) is 11.4 Å². The maximum atomic E-state index is 11.7. The van der Waals surface area contributed by atoms with Crippen LogP contribution in [-0.2, 0) is 33.3 Å². The monoisotopic (exact) mass is 787 g/mol. The number of carbonyl (C=O) groups is 3. The number of fused-ring (bicyclic) bond motifs is 2. The Labute approximate surface area is 348 Å². The highest BCUT2D eigenvalue weighted by atomic mass is 16.4. The number of anilines is 2. The molecule has 2 aromatic heterocycles. The number of benzene rings is 5. The van der Waals surface area contributed by atoms with Crippen LogP contribution in [-0.4, -0.2) is 43.2 Å². The van der Waals surface area contributed by atoms with Crippen molar-refractivity contribution in [3.63, 3.8) is 0 Å². The van der Waals surface area contributed by atoms with Crippen LogP contribution < -0.4 is 5.32 Å². The molecule has 60 heavy (non-hydrogen) atoms. The summed E-state index contributed by atoms with van der Waals surface area (Å²) in [5, 5.41) is 22.0. The first-order chi connectivity index (χ1) is 29.5. The lowest BCUT2D eigenvalue weighted by Crippen LogP contribution is -2.31. The van der Waals surface area contributed by atoms with E-state index in [1.807, 2.05) is 89.6 Å². The fourth-order valence-corrected chi connectivity index (χ4v) is 8.22. The maximum Gasteiger partial charge on any atom is 0.357 e. The minimum absolute atomic E-state index is 0.0171. The van der Waals surface area contributed by atoms with Crippen molar-refractivity contribution in [1.82, 2.24) is 19.6 Å². The van der Waals surface area contributed by atoms with Gasteiger partial charge in [0.1, 0.15) is 12.6 Å². The number of nitrogens with one attached hydrogen (secondary N) is 1. The Kier molecular flexibility index (Phi) is 11.2. The predicted molar refractivity (Wildman–Crippen MR) is 237 cm³/mol. The molecule has 2 aliphatic rings. The molecule has 0 amide bonds. The average molecular weight is 788 g/mol. The van der Waals surface area contributed by atoms with E-state index in [1.54, 1.807) is 6.20 Å². The van der Waals surface area contributed by atoms with E-state index in [9.17, 15) is 19.5 Å². The standard InChI is InChI=1S/C28H23N3O.C23H18N2O3/c32-20-10-19-31-26-21-28(22-11-4-1-5-12-22,23-13-6-2-7-14-23)18-17-25(26)27(30-31)29-24-15-8-3-9-16-24;26-15-7-14-25-20-16-23(17-8-3-1-4-9-17,18-10-5-2-6-11-18)13-12-19(20)21(24-25)22(27)28/h1-20H,21H2,(H,29,30);1-15H,16H2,(H,27,28). The summed E-state index contributed by atoms with van der Waals surface area (Å²) >= 11 is 0.